The fourth-order valence-electron chi connectivity index (χ4n) is 1.85. The molecule has 0 aliphatic rings. The van der Waals surface area contributed by atoms with Crippen LogP contribution in [0.3, 0.4) is 0 Å². The number of aromatic amines is 1. The van der Waals surface area contributed by atoms with E-state index in [2.05, 4.69) is 43.6 Å². The van der Waals surface area contributed by atoms with Gasteiger partial charge in [-0.2, -0.15) is 5.10 Å². The number of benzene rings is 2. The second-order valence-electron chi connectivity index (χ2n) is 4.14. The number of aromatic nitrogens is 2. The number of nitrogens with one attached hydrogen (secondary N) is 2. The molecule has 3 rings (SSSR count). The molecule has 0 aliphatic heterocycles. The van der Waals surface area contributed by atoms with E-state index in [1.165, 1.54) is 0 Å². The zero-order chi connectivity index (χ0) is 13.1. The first-order chi connectivity index (χ1) is 9.33. The smallest absolute Gasteiger partial charge is 0.152 e. The molecular formula is C15H12BrN3. The van der Waals surface area contributed by atoms with Crippen molar-refractivity contribution in [2.75, 3.05) is 5.32 Å². The molecule has 0 saturated heterocycles. The van der Waals surface area contributed by atoms with Crippen molar-refractivity contribution in [3.63, 3.8) is 0 Å². The molecule has 0 amide bonds. The molecule has 0 radical (unpaired) electrons. The first-order valence-corrected chi connectivity index (χ1v) is 6.74. The Balaban J connectivity index is 1.85. The lowest BCUT2D eigenvalue weighted by Gasteiger charge is -2.04. The predicted molar refractivity (Wildman–Crippen MR) is 81.4 cm³/mol. The maximum Gasteiger partial charge on any atom is 0.152 e. The van der Waals surface area contributed by atoms with Crippen LogP contribution < -0.4 is 5.32 Å². The van der Waals surface area contributed by atoms with Gasteiger partial charge in [-0.3, -0.25) is 5.10 Å². The molecule has 1 aromatic heterocycles. The Morgan fingerprint density at radius 3 is 2.47 bits per heavy atom. The van der Waals surface area contributed by atoms with Gasteiger partial charge in [0.2, 0.25) is 0 Å². The average Bonchev–Trinajstić information content (AvgIpc) is 2.91. The van der Waals surface area contributed by atoms with Gasteiger partial charge < -0.3 is 5.32 Å². The normalized spacial score (nSPS) is 10.4. The lowest BCUT2D eigenvalue weighted by atomic mass is 10.1. The van der Waals surface area contributed by atoms with E-state index >= 15 is 0 Å². The largest absolute Gasteiger partial charge is 0.338 e. The number of nitrogens with zero attached hydrogens (tertiary/aromatic N) is 1. The fourth-order valence-corrected chi connectivity index (χ4v) is 2.24. The van der Waals surface area contributed by atoms with Gasteiger partial charge >= 0.3 is 0 Å². The van der Waals surface area contributed by atoms with Crippen LogP contribution in [-0.4, -0.2) is 10.2 Å². The van der Waals surface area contributed by atoms with E-state index < -0.39 is 0 Å². The zero-order valence-corrected chi connectivity index (χ0v) is 11.7. The van der Waals surface area contributed by atoms with Gasteiger partial charge in [0.15, 0.2) is 5.82 Å². The highest BCUT2D eigenvalue weighted by molar-refractivity contribution is 9.10. The highest BCUT2D eigenvalue weighted by Crippen LogP contribution is 2.26. The number of rotatable bonds is 3. The van der Waals surface area contributed by atoms with Crippen LogP contribution in [0.5, 0.6) is 0 Å². The Labute approximate surface area is 119 Å². The highest BCUT2D eigenvalue weighted by Gasteiger charge is 2.04. The van der Waals surface area contributed by atoms with Crippen molar-refractivity contribution in [2.45, 2.75) is 0 Å². The van der Waals surface area contributed by atoms with Crippen molar-refractivity contribution in [3.8, 4) is 11.3 Å². The molecule has 0 bridgehead atoms. The van der Waals surface area contributed by atoms with E-state index in [4.69, 9.17) is 0 Å². The average molecular weight is 314 g/mol. The molecule has 0 fully saturated rings. The van der Waals surface area contributed by atoms with Crippen LogP contribution in [0, 0.1) is 0 Å². The third-order valence-corrected chi connectivity index (χ3v) is 3.49. The van der Waals surface area contributed by atoms with Crippen LogP contribution in [-0.2, 0) is 0 Å². The Bertz CT molecular complexity index is 677. The van der Waals surface area contributed by atoms with Crippen LogP contribution in [0.1, 0.15) is 0 Å². The summed E-state index contributed by atoms with van der Waals surface area (Å²) in [6, 6.07) is 20.1. The standard InChI is InChI=1S/C15H12BrN3/c16-12-8-4-5-9-13(12)17-15-10-14(18-19-15)11-6-2-1-3-7-11/h1-10H,(H2,17,18,19). The quantitative estimate of drug-likeness (QED) is 0.743. The van der Waals surface area contributed by atoms with Gasteiger partial charge in [-0.15, -0.1) is 0 Å². The monoisotopic (exact) mass is 313 g/mol. The Hall–Kier alpha value is -2.07. The van der Waals surface area contributed by atoms with Crippen LogP contribution in [0.2, 0.25) is 0 Å². The van der Waals surface area contributed by atoms with E-state index in [1.807, 2.05) is 48.5 Å². The van der Waals surface area contributed by atoms with Crippen molar-refractivity contribution in [1.29, 1.82) is 0 Å². The summed E-state index contributed by atoms with van der Waals surface area (Å²) in [7, 11) is 0. The Morgan fingerprint density at radius 2 is 1.68 bits per heavy atom. The number of halogens is 1. The van der Waals surface area contributed by atoms with Crippen molar-refractivity contribution < 1.29 is 0 Å². The summed E-state index contributed by atoms with van der Waals surface area (Å²) in [5.41, 5.74) is 3.11. The van der Waals surface area contributed by atoms with Crippen LogP contribution >= 0.6 is 15.9 Å². The van der Waals surface area contributed by atoms with Gasteiger partial charge in [0.05, 0.1) is 11.4 Å². The minimum absolute atomic E-state index is 0.797. The summed E-state index contributed by atoms with van der Waals surface area (Å²) in [6.45, 7) is 0. The lowest BCUT2D eigenvalue weighted by molar-refractivity contribution is 1.10. The molecule has 0 unspecified atom stereocenters. The van der Waals surface area contributed by atoms with E-state index in [1.54, 1.807) is 0 Å². The summed E-state index contributed by atoms with van der Waals surface area (Å²) in [6.07, 6.45) is 0. The van der Waals surface area contributed by atoms with Crippen molar-refractivity contribution >= 4 is 27.4 Å². The molecule has 94 valence electrons. The van der Waals surface area contributed by atoms with Gasteiger partial charge in [0, 0.05) is 10.5 Å². The molecule has 19 heavy (non-hydrogen) atoms. The lowest BCUT2D eigenvalue weighted by Crippen LogP contribution is -1.90. The maximum absolute atomic E-state index is 4.27. The topological polar surface area (TPSA) is 40.7 Å². The second kappa shape index (κ2) is 5.28. The molecule has 2 aromatic carbocycles. The first kappa shape index (κ1) is 12.0. The molecule has 0 aliphatic carbocycles. The number of para-hydroxylation sites is 1. The van der Waals surface area contributed by atoms with Gasteiger partial charge in [-0.1, -0.05) is 42.5 Å². The highest BCUT2D eigenvalue weighted by atomic mass is 79.9. The van der Waals surface area contributed by atoms with E-state index in [9.17, 15) is 0 Å². The molecule has 3 nitrogen and oxygen atoms in total. The Kier molecular flexibility index (Phi) is 3.33. The van der Waals surface area contributed by atoms with Crippen LogP contribution in [0.25, 0.3) is 11.3 Å². The third-order valence-electron chi connectivity index (χ3n) is 2.80. The summed E-state index contributed by atoms with van der Waals surface area (Å²) < 4.78 is 1.01. The van der Waals surface area contributed by atoms with Gasteiger partial charge in [0.25, 0.3) is 0 Å². The van der Waals surface area contributed by atoms with Gasteiger partial charge in [-0.25, -0.2) is 0 Å². The summed E-state index contributed by atoms with van der Waals surface area (Å²) >= 11 is 3.50. The van der Waals surface area contributed by atoms with Gasteiger partial charge in [-0.05, 0) is 33.6 Å². The molecule has 3 aromatic rings. The van der Waals surface area contributed by atoms with E-state index in [0.717, 1.165) is 27.2 Å². The minimum Gasteiger partial charge on any atom is -0.338 e. The molecule has 0 saturated carbocycles. The molecule has 1 heterocycles. The summed E-state index contributed by atoms with van der Waals surface area (Å²) in [5.74, 6) is 0.797. The second-order valence-corrected chi connectivity index (χ2v) is 4.99. The number of hydrogen-bond acceptors (Lipinski definition) is 2. The van der Waals surface area contributed by atoms with Gasteiger partial charge in [0.1, 0.15) is 0 Å². The Morgan fingerprint density at radius 1 is 0.947 bits per heavy atom. The molecule has 4 heteroatoms. The van der Waals surface area contributed by atoms with Crippen molar-refractivity contribution in [1.82, 2.24) is 10.2 Å². The van der Waals surface area contributed by atoms with Crippen LogP contribution in [0.15, 0.2) is 65.1 Å². The van der Waals surface area contributed by atoms with Crippen molar-refractivity contribution in [3.05, 3.63) is 65.1 Å². The molecule has 2 N–H and O–H groups in total. The van der Waals surface area contributed by atoms with Crippen LogP contribution in [0.4, 0.5) is 11.5 Å². The number of anilines is 2. The van der Waals surface area contributed by atoms with E-state index in [-0.39, 0.29) is 0 Å². The molecular weight excluding hydrogens is 302 g/mol. The maximum atomic E-state index is 4.27. The minimum atomic E-state index is 0.797. The zero-order valence-electron chi connectivity index (χ0n) is 10.1. The van der Waals surface area contributed by atoms with E-state index in [0.29, 0.717) is 0 Å². The first-order valence-electron chi connectivity index (χ1n) is 5.95. The molecule has 0 atom stereocenters. The number of H-pyrrole nitrogens is 1. The molecule has 0 spiro atoms. The summed E-state index contributed by atoms with van der Waals surface area (Å²) in [4.78, 5) is 0. The number of hydrogen-bond donors (Lipinski definition) is 2. The summed E-state index contributed by atoms with van der Waals surface area (Å²) in [5, 5.41) is 10.6. The SMILES string of the molecule is Brc1ccccc1Nc1cc(-c2ccccc2)[nH]n1. The fraction of sp³-hybridized carbons (Fsp3) is 0. The third kappa shape index (κ3) is 2.69. The van der Waals surface area contributed by atoms with Crippen molar-refractivity contribution in [2.24, 2.45) is 0 Å². The predicted octanol–water partition coefficient (Wildman–Crippen LogP) is 4.58.